The van der Waals surface area contributed by atoms with Crippen LogP contribution in [0.4, 0.5) is 0 Å². The fourth-order valence-electron chi connectivity index (χ4n) is 8.13. The number of rotatable bonds is 16. The molecule has 46 heavy (non-hydrogen) atoms. The molecular formula is C40H54O4S2. The molecule has 2 aliphatic carbocycles. The molecule has 0 aliphatic heterocycles. The SMILES string of the molecule is CCCCc1cc(CCCC)c(S(OS(=O)(=O)CC23CCC(CC2=O)C3(C)C)(c2ccccc2)c2ccccc2)c(CCCC)c1. The number of hydrogen-bond donors (Lipinski definition) is 0. The maximum Gasteiger partial charge on any atom is 0.278 e. The van der Waals surface area contributed by atoms with Crippen molar-refractivity contribution in [2.75, 3.05) is 5.75 Å². The van der Waals surface area contributed by atoms with E-state index < -0.39 is 25.8 Å². The van der Waals surface area contributed by atoms with Crippen molar-refractivity contribution in [3.63, 3.8) is 0 Å². The van der Waals surface area contributed by atoms with Crippen LogP contribution in [0.15, 0.2) is 87.5 Å². The summed E-state index contributed by atoms with van der Waals surface area (Å²) in [6, 6.07) is 24.8. The highest BCUT2D eigenvalue weighted by Gasteiger charge is 2.66. The summed E-state index contributed by atoms with van der Waals surface area (Å²) in [4.78, 5) is 16.4. The molecule has 0 saturated heterocycles. The molecule has 3 aromatic carbocycles. The number of aryl methyl sites for hydroxylation is 3. The Labute approximate surface area is 280 Å². The fraction of sp³-hybridized carbons (Fsp3) is 0.525. The maximum absolute atomic E-state index is 14.8. The molecule has 250 valence electrons. The van der Waals surface area contributed by atoms with Crippen molar-refractivity contribution in [2.45, 2.75) is 126 Å². The van der Waals surface area contributed by atoms with Crippen molar-refractivity contribution in [3.05, 3.63) is 89.5 Å². The molecule has 4 nitrogen and oxygen atoms in total. The summed E-state index contributed by atoms with van der Waals surface area (Å²) in [7, 11) is -6.96. The maximum atomic E-state index is 14.8. The molecule has 2 bridgehead atoms. The van der Waals surface area contributed by atoms with E-state index in [1.165, 1.54) is 16.7 Å². The van der Waals surface area contributed by atoms with Crippen molar-refractivity contribution < 1.29 is 16.8 Å². The van der Waals surface area contributed by atoms with E-state index in [1.54, 1.807) is 0 Å². The molecule has 2 fully saturated rings. The number of carbonyl (C=O) groups excluding carboxylic acids is 1. The van der Waals surface area contributed by atoms with Crippen molar-refractivity contribution >= 4 is 26.2 Å². The number of hydrogen-bond acceptors (Lipinski definition) is 4. The third kappa shape index (κ3) is 6.51. The highest BCUT2D eigenvalue weighted by molar-refractivity contribution is 8.33. The van der Waals surface area contributed by atoms with Gasteiger partial charge in [-0.05, 0) is 114 Å². The van der Waals surface area contributed by atoms with Gasteiger partial charge in [0.05, 0.1) is 11.2 Å². The number of benzene rings is 3. The predicted octanol–water partition coefficient (Wildman–Crippen LogP) is 10.7. The summed E-state index contributed by atoms with van der Waals surface area (Å²) in [5.41, 5.74) is 2.45. The molecule has 6 heteroatoms. The average Bonchev–Trinajstić information content (AvgIpc) is 3.39. The van der Waals surface area contributed by atoms with Crippen LogP contribution in [0.25, 0.3) is 0 Å². The van der Waals surface area contributed by atoms with Gasteiger partial charge in [0.25, 0.3) is 10.1 Å². The first-order valence-corrected chi connectivity index (χ1v) is 20.7. The minimum atomic E-state index is -4.20. The van der Waals surface area contributed by atoms with Gasteiger partial charge in [-0.25, -0.2) is 3.63 Å². The normalized spacial score (nSPS) is 21.2. The van der Waals surface area contributed by atoms with Crippen LogP contribution >= 0.6 is 10.3 Å². The van der Waals surface area contributed by atoms with Crippen LogP contribution in [0.2, 0.25) is 0 Å². The second kappa shape index (κ2) is 14.4. The van der Waals surface area contributed by atoms with E-state index in [9.17, 15) is 13.2 Å². The van der Waals surface area contributed by atoms with Gasteiger partial charge in [0.1, 0.15) is 5.78 Å². The number of ketones is 1. The lowest BCUT2D eigenvalue weighted by Crippen LogP contribution is -2.42. The quantitative estimate of drug-likeness (QED) is 0.153. The predicted molar refractivity (Wildman–Crippen MR) is 191 cm³/mol. The van der Waals surface area contributed by atoms with E-state index in [0.29, 0.717) is 12.8 Å². The van der Waals surface area contributed by atoms with Gasteiger partial charge in [-0.2, -0.15) is 8.42 Å². The van der Waals surface area contributed by atoms with Crippen LogP contribution in [0.3, 0.4) is 0 Å². The van der Waals surface area contributed by atoms with Gasteiger partial charge in [0.2, 0.25) is 0 Å². The Bertz CT molecular complexity index is 1530. The second-order valence-corrected chi connectivity index (χ2v) is 18.6. The lowest BCUT2D eigenvalue weighted by Gasteiger charge is -2.43. The van der Waals surface area contributed by atoms with Gasteiger partial charge in [-0.3, -0.25) is 4.79 Å². The first-order chi connectivity index (χ1) is 22.0. The van der Waals surface area contributed by atoms with Gasteiger partial charge in [0.15, 0.2) is 0 Å². The topological polar surface area (TPSA) is 60.4 Å². The van der Waals surface area contributed by atoms with E-state index in [4.69, 9.17) is 3.63 Å². The molecule has 2 saturated carbocycles. The van der Waals surface area contributed by atoms with Crippen LogP contribution < -0.4 is 0 Å². The smallest absolute Gasteiger partial charge is 0.278 e. The summed E-state index contributed by atoms with van der Waals surface area (Å²) in [5, 5.41) is 0. The summed E-state index contributed by atoms with van der Waals surface area (Å²) >= 11 is 0. The molecule has 0 aromatic heterocycles. The minimum absolute atomic E-state index is 0.0912. The van der Waals surface area contributed by atoms with Crippen LogP contribution in [0.5, 0.6) is 0 Å². The zero-order valence-corrected chi connectivity index (χ0v) is 30.3. The van der Waals surface area contributed by atoms with Gasteiger partial charge in [-0.1, -0.05) is 102 Å². The zero-order valence-electron chi connectivity index (χ0n) is 28.6. The lowest BCUT2D eigenvalue weighted by atomic mass is 9.70. The van der Waals surface area contributed by atoms with E-state index in [2.05, 4.69) is 46.8 Å². The van der Waals surface area contributed by atoms with Crippen LogP contribution in [0.1, 0.15) is 109 Å². The zero-order chi connectivity index (χ0) is 33.0. The van der Waals surface area contributed by atoms with Crippen molar-refractivity contribution in [1.82, 2.24) is 0 Å². The van der Waals surface area contributed by atoms with Crippen LogP contribution in [0, 0.1) is 16.7 Å². The number of unbranched alkanes of at least 4 members (excludes halogenated alkanes) is 3. The Balaban J connectivity index is 1.80. The van der Waals surface area contributed by atoms with Gasteiger partial charge in [0, 0.05) is 21.1 Å². The Hall–Kier alpha value is -2.41. The lowest BCUT2D eigenvalue weighted by molar-refractivity contribution is -0.128. The van der Waals surface area contributed by atoms with Gasteiger partial charge in [-0.15, -0.1) is 0 Å². The third-order valence-electron chi connectivity index (χ3n) is 10.9. The molecular weight excluding hydrogens is 609 g/mol. The monoisotopic (exact) mass is 662 g/mol. The molecule has 0 heterocycles. The summed E-state index contributed by atoms with van der Waals surface area (Å²) in [6.45, 7) is 10.8. The molecule has 2 aliphatic rings. The Morgan fingerprint density at radius 2 is 1.26 bits per heavy atom. The van der Waals surface area contributed by atoms with E-state index in [1.807, 2.05) is 60.7 Å². The fourth-order valence-corrected chi connectivity index (χ4v) is 14.6. The van der Waals surface area contributed by atoms with Crippen molar-refractivity contribution in [1.29, 1.82) is 0 Å². The minimum Gasteiger partial charge on any atom is -0.299 e. The van der Waals surface area contributed by atoms with E-state index in [0.717, 1.165) is 78.9 Å². The molecule has 2 unspecified atom stereocenters. The molecule has 2 atom stereocenters. The number of fused-ring (bicyclic) bond motifs is 2. The molecule has 0 radical (unpaired) electrons. The Kier molecular flexibility index (Phi) is 10.9. The van der Waals surface area contributed by atoms with Crippen LogP contribution in [-0.2, 0) is 37.8 Å². The van der Waals surface area contributed by atoms with Gasteiger partial charge < -0.3 is 0 Å². The van der Waals surface area contributed by atoms with Crippen LogP contribution in [-0.4, -0.2) is 20.0 Å². The molecule has 0 spiro atoms. The summed E-state index contributed by atoms with van der Waals surface area (Å²) in [6.07, 6.45) is 11.1. The summed E-state index contributed by atoms with van der Waals surface area (Å²) in [5.74, 6) is 0.0564. The number of carbonyl (C=O) groups is 1. The first kappa shape index (κ1) is 34.9. The largest absolute Gasteiger partial charge is 0.299 e. The highest BCUT2D eigenvalue weighted by atomic mass is 32.3. The third-order valence-corrected chi connectivity index (χ3v) is 16.4. The average molecular weight is 663 g/mol. The van der Waals surface area contributed by atoms with E-state index >= 15 is 0 Å². The standard InChI is InChI=1S/C40H54O4S2/c1-6-9-18-31-27-32(19-10-7-2)38(33(28-31)20-11-8-3)46(35-21-14-12-15-22-35,36-23-16-13-17-24-36)44-45(42,43)30-40-26-25-34(29-37(40)41)39(40,4)5/h12-17,21-24,27-28,34H,6-11,18-20,25-26,29-30H2,1-5H3. The van der Waals surface area contributed by atoms with Gasteiger partial charge >= 0.3 is 0 Å². The molecule has 5 rings (SSSR count). The Morgan fingerprint density at radius 1 is 0.761 bits per heavy atom. The molecule has 0 amide bonds. The second-order valence-electron chi connectivity index (χ2n) is 14.2. The molecule has 0 N–H and O–H groups in total. The Morgan fingerprint density at radius 3 is 1.70 bits per heavy atom. The highest BCUT2D eigenvalue weighted by Crippen LogP contribution is 2.73. The van der Waals surface area contributed by atoms with Crippen molar-refractivity contribution in [2.24, 2.45) is 16.7 Å². The molecule has 3 aromatic rings. The first-order valence-electron chi connectivity index (χ1n) is 17.6. The van der Waals surface area contributed by atoms with Crippen molar-refractivity contribution in [3.8, 4) is 0 Å². The van der Waals surface area contributed by atoms with E-state index in [-0.39, 0.29) is 22.9 Å². The summed E-state index contributed by atoms with van der Waals surface area (Å²) < 4.78 is 36.7. The number of Topliss-reactive ketones (excluding diaryl/α,β-unsaturated/α-hetero) is 1.